The lowest BCUT2D eigenvalue weighted by Gasteiger charge is -2.16. The van der Waals surface area contributed by atoms with Crippen LogP contribution in [0.4, 0.5) is 0 Å². The Morgan fingerprint density at radius 1 is 1.59 bits per heavy atom. The largest absolute Gasteiger partial charge is 0.392 e. The maximum absolute atomic E-state index is 11.0. The number of primary amides is 1. The predicted molar refractivity (Wildman–Crippen MR) is 65.9 cm³/mol. The van der Waals surface area contributed by atoms with Gasteiger partial charge in [-0.2, -0.15) is 0 Å². The number of likely N-dealkylation sites (tertiary alicyclic amines) is 1. The number of nitrogens with two attached hydrogens (primary N) is 1. The highest BCUT2D eigenvalue weighted by molar-refractivity contribution is 6.31. The van der Waals surface area contributed by atoms with Crippen molar-refractivity contribution in [3.63, 3.8) is 0 Å². The second-order valence-electron chi connectivity index (χ2n) is 4.35. The molecule has 3 N–H and O–H groups in total. The topological polar surface area (TPSA) is 66.6 Å². The minimum atomic E-state index is -0.477. The van der Waals surface area contributed by atoms with Crippen molar-refractivity contribution in [2.24, 2.45) is 5.73 Å². The third kappa shape index (κ3) is 2.97. The summed E-state index contributed by atoms with van der Waals surface area (Å²) in [5.41, 5.74) is 6.54. The summed E-state index contributed by atoms with van der Waals surface area (Å²) in [5.74, 6) is -0.477. The van der Waals surface area contributed by atoms with Gasteiger partial charge in [-0.3, -0.25) is 9.69 Å². The molecule has 92 valence electrons. The Balaban J connectivity index is 2.09. The van der Waals surface area contributed by atoms with Crippen LogP contribution in [0, 0.1) is 0 Å². The first kappa shape index (κ1) is 12.4. The van der Waals surface area contributed by atoms with E-state index in [-0.39, 0.29) is 6.10 Å². The molecule has 1 amide bonds. The SMILES string of the molecule is NC(=O)c1ccc(CN2CC[C@@H](O)C2)c(Cl)c1. The fraction of sp³-hybridized carbons (Fsp3) is 0.417. The number of rotatable bonds is 3. The number of hydrogen-bond acceptors (Lipinski definition) is 3. The summed E-state index contributed by atoms with van der Waals surface area (Å²) in [5, 5.41) is 9.97. The number of nitrogens with zero attached hydrogens (tertiary/aromatic N) is 1. The third-order valence-electron chi connectivity index (χ3n) is 2.98. The summed E-state index contributed by atoms with van der Waals surface area (Å²) in [6, 6.07) is 5.08. The molecule has 0 unspecified atom stereocenters. The number of hydrogen-bond donors (Lipinski definition) is 2. The Labute approximate surface area is 105 Å². The van der Waals surface area contributed by atoms with Gasteiger partial charge in [-0.15, -0.1) is 0 Å². The molecule has 0 spiro atoms. The fourth-order valence-corrected chi connectivity index (χ4v) is 2.27. The van der Waals surface area contributed by atoms with Gasteiger partial charge in [0.05, 0.1) is 6.10 Å². The number of aliphatic hydroxyl groups is 1. The van der Waals surface area contributed by atoms with Crippen molar-refractivity contribution in [3.05, 3.63) is 34.3 Å². The molecule has 0 bridgehead atoms. The molecule has 1 aromatic rings. The van der Waals surface area contributed by atoms with Crippen LogP contribution >= 0.6 is 11.6 Å². The zero-order chi connectivity index (χ0) is 12.4. The number of halogens is 1. The highest BCUT2D eigenvalue weighted by atomic mass is 35.5. The molecule has 1 atom stereocenters. The van der Waals surface area contributed by atoms with Gasteiger partial charge in [0.15, 0.2) is 0 Å². The van der Waals surface area contributed by atoms with E-state index in [9.17, 15) is 9.90 Å². The van der Waals surface area contributed by atoms with Gasteiger partial charge in [-0.05, 0) is 24.1 Å². The summed E-state index contributed by atoms with van der Waals surface area (Å²) in [6.07, 6.45) is 0.565. The molecular weight excluding hydrogens is 240 g/mol. The molecule has 0 aromatic heterocycles. The summed E-state index contributed by atoms with van der Waals surface area (Å²) in [6.45, 7) is 2.23. The zero-order valence-electron chi connectivity index (χ0n) is 9.40. The van der Waals surface area contributed by atoms with Gasteiger partial charge in [0, 0.05) is 30.2 Å². The van der Waals surface area contributed by atoms with Gasteiger partial charge < -0.3 is 10.8 Å². The number of carbonyl (C=O) groups excluding carboxylic acids is 1. The van der Waals surface area contributed by atoms with E-state index < -0.39 is 5.91 Å². The van der Waals surface area contributed by atoms with Gasteiger partial charge in [-0.1, -0.05) is 17.7 Å². The van der Waals surface area contributed by atoms with Crippen LogP contribution in [-0.2, 0) is 6.54 Å². The Kier molecular flexibility index (Phi) is 3.66. The Morgan fingerprint density at radius 2 is 2.35 bits per heavy atom. The lowest BCUT2D eigenvalue weighted by atomic mass is 10.1. The van der Waals surface area contributed by atoms with Gasteiger partial charge in [0.2, 0.25) is 5.91 Å². The molecule has 1 fully saturated rings. The van der Waals surface area contributed by atoms with E-state index in [1.54, 1.807) is 12.1 Å². The van der Waals surface area contributed by atoms with E-state index in [0.717, 1.165) is 18.5 Å². The molecule has 1 aromatic carbocycles. The number of benzene rings is 1. The molecule has 0 saturated carbocycles. The summed E-state index contributed by atoms with van der Waals surface area (Å²) in [7, 11) is 0. The summed E-state index contributed by atoms with van der Waals surface area (Å²) in [4.78, 5) is 13.1. The van der Waals surface area contributed by atoms with E-state index in [1.807, 2.05) is 6.07 Å². The van der Waals surface area contributed by atoms with Crippen LogP contribution in [0.15, 0.2) is 18.2 Å². The average molecular weight is 255 g/mol. The first-order valence-electron chi connectivity index (χ1n) is 5.55. The van der Waals surface area contributed by atoms with Crippen LogP contribution in [0.3, 0.4) is 0 Å². The lowest BCUT2D eigenvalue weighted by molar-refractivity contribution is 0.100. The van der Waals surface area contributed by atoms with Crippen LogP contribution in [-0.4, -0.2) is 35.1 Å². The third-order valence-corrected chi connectivity index (χ3v) is 3.33. The van der Waals surface area contributed by atoms with Crippen LogP contribution in [0.1, 0.15) is 22.3 Å². The average Bonchev–Trinajstić information content (AvgIpc) is 2.67. The van der Waals surface area contributed by atoms with Crippen molar-refractivity contribution in [2.75, 3.05) is 13.1 Å². The Bertz CT molecular complexity index is 437. The summed E-state index contributed by atoms with van der Waals surface area (Å²) >= 11 is 6.09. The number of amides is 1. The van der Waals surface area contributed by atoms with Gasteiger partial charge in [0.25, 0.3) is 0 Å². The molecule has 5 heteroatoms. The maximum Gasteiger partial charge on any atom is 0.248 e. The molecule has 0 radical (unpaired) electrons. The fourth-order valence-electron chi connectivity index (χ4n) is 2.03. The standard InChI is InChI=1S/C12H15ClN2O2/c13-11-5-8(12(14)17)1-2-9(11)6-15-4-3-10(16)7-15/h1-2,5,10,16H,3-4,6-7H2,(H2,14,17)/t10-/m1/s1. The Hall–Kier alpha value is -1.10. The van der Waals surface area contributed by atoms with E-state index in [4.69, 9.17) is 17.3 Å². The number of carbonyl (C=O) groups is 1. The minimum absolute atomic E-state index is 0.237. The first-order chi connectivity index (χ1) is 8.06. The molecule has 1 aliphatic heterocycles. The number of aliphatic hydroxyl groups excluding tert-OH is 1. The molecule has 4 nitrogen and oxygen atoms in total. The highest BCUT2D eigenvalue weighted by Crippen LogP contribution is 2.21. The quantitative estimate of drug-likeness (QED) is 0.846. The molecule has 1 aliphatic rings. The van der Waals surface area contributed by atoms with Crippen LogP contribution in [0.5, 0.6) is 0 Å². The first-order valence-corrected chi connectivity index (χ1v) is 5.92. The van der Waals surface area contributed by atoms with E-state index in [1.165, 1.54) is 0 Å². The van der Waals surface area contributed by atoms with Gasteiger partial charge in [-0.25, -0.2) is 0 Å². The minimum Gasteiger partial charge on any atom is -0.392 e. The van der Waals surface area contributed by atoms with E-state index >= 15 is 0 Å². The molecule has 1 saturated heterocycles. The van der Waals surface area contributed by atoms with E-state index in [0.29, 0.717) is 23.7 Å². The van der Waals surface area contributed by atoms with Gasteiger partial charge >= 0.3 is 0 Å². The van der Waals surface area contributed by atoms with Crippen molar-refractivity contribution in [3.8, 4) is 0 Å². The van der Waals surface area contributed by atoms with Crippen molar-refractivity contribution in [1.82, 2.24) is 4.90 Å². The van der Waals surface area contributed by atoms with E-state index in [2.05, 4.69) is 4.90 Å². The predicted octanol–water partition coefficient (Wildman–Crippen LogP) is 1.01. The molecule has 0 aliphatic carbocycles. The second-order valence-corrected chi connectivity index (χ2v) is 4.76. The summed E-state index contributed by atoms with van der Waals surface area (Å²) < 4.78 is 0. The normalized spacial score (nSPS) is 20.7. The Morgan fingerprint density at radius 3 is 2.88 bits per heavy atom. The van der Waals surface area contributed by atoms with Crippen LogP contribution < -0.4 is 5.73 Å². The zero-order valence-corrected chi connectivity index (χ0v) is 10.2. The van der Waals surface area contributed by atoms with Crippen molar-refractivity contribution in [2.45, 2.75) is 19.1 Å². The molecular formula is C12H15ClN2O2. The second kappa shape index (κ2) is 5.04. The van der Waals surface area contributed by atoms with Crippen molar-refractivity contribution >= 4 is 17.5 Å². The van der Waals surface area contributed by atoms with Crippen LogP contribution in [0.2, 0.25) is 5.02 Å². The molecule has 2 rings (SSSR count). The molecule has 17 heavy (non-hydrogen) atoms. The van der Waals surface area contributed by atoms with Crippen molar-refractivity contribution in [1.29, 1.82) is 0 Å². The highest BCUT2D eigenvalue weighted by Gasteiger charge is 2.20. The maximum atomic E-state index is 11.0. The molecule has 1 heterocycles. The smallest absolute Gasteiger partial charge is 0.248 e. The monoisotopic (exact) mass is 254 g/mol. The van der Waals surface area contributed by atoms with Crippen LogP contribution in [0.25, 0.3) is 0 Å². The van der Waals surface area contributed by atoms with Gasteiger partial charge in [0.1, 0.15) is 0 Å². The number of β-amino-alcohol motifs (C(OH)–C–C–N with tert-alkyl or cyclic N) is 1. The van der Waals surface area contributed by atoms with Crippen molar-refractivity contribution < 1.29 is 9.90 Å². The lowest BCUT2D eigenvalue weighted by Crippen LogP contribution is -2.21.